The van der Waals surface area contributed by atoms with Crippen LogP contribution < -0.4 is 0 Å². The van der Waals surface area contributed by atoms with Gasteiger partial charge in [0.25, 0.3) is 0 Å². The van der Waals surface area contributed by atoms with Gasteiger partial charge in [0.2, 0.25) is 0 Å². The number of hydrogen-bond acceptors (Lipinski definition) is 3. The number of methoxy groups -OCH3 is 1. The second-order valence-electron chi connectivity index (χ2n) is 6.13. The van der Waals surface area contributed by atoms with Crippen molar-refractivity contribution < 1.29 is 13.9 Å². The minimum absolute atomic E-state index is 0.0441. The molecule has 2 amide bonds. The summed E-state index contributed by atoms with van der Waals surface area (Å²) in [6.07, 6.45) is 1.50. The topological polar surface area (TPSA) is 56.6 Å². The van der Waals surface area contributed by atoms with Gasteiger partial charge in [-0.1, -0.05) is 12.1 Å². The van der Waals surface area contributed by atoms with E-state index >= 15 is 0 Å². The van der Waals surface area contributed by atoms with Crippen LogP contribution in [-0.2, 0) is 4.74 Å². The molecule has 5 nitrogen and oxygen atoms in total. The first-order valence-electron chi connectivity index (χ1n) is 8.07. The predicted molar refractivity (Wildman–Crippen MR) is 87.5 cm³/mol. The minimum Gasteiger partial charge on any atom is -0.378 e. The molecule has 0 bridgehead atoms. The van der Waals surface area contributed by atoms with Crippen molar-refractivity contribution in [2.75, 3.05) is 33.3 Å². The van der Waals surface area contributed by atoms with Crippen molar-refractivity contribution in [3.8, 4) is 6.07 Å². The van der Waals surface area contributed by atoms with Gasteiger partial charge in [-0.05, 0) is 36.1 Å². The van der Waals surface area contributed by atoms with Gasteiger partial charge in [-0.25, -0.2) is 9.18 Å². The Morgan fingerprint density at radius 3 is 2.38 bits per heavy atom. The summed E-state index contributed by atoms with van der Waals surface area (Å²) in [6, 6.07) is 8.26. The van der Waals surface area contributed by atoms with Crippen molar-refractivity contribution in [1.82, 2.24) is 9.80 Å². The van der Waals surface area contributed by atoms with E-state index in [9.17, 15) is 14.4 Å². The third-order valence-electron chi connectivity index (χ3n) is 4.69. The van der Waals surface area contributed by atoms with Crippen molar-refractivity contribution >= 4 is 11.6 Å². The Labute approximate surface area is 140 Å². The molecule has 0 spiro atoms. The fourth-order valence-corrected chi connectivity index (χ4v) is 3.13. The molecule has 1 aromatic rings. The standard InChI is InChI=1S/C18H20FN3O2/c1-24-16-11-22(12-16)18(23)21-8-6-14(7-9-21)17(10-20)13-2-4-15(19)5-3-13/h2-5,16H,6-9,11-12H2,1H3. The Kier molecular flexibility index (Phi) is 4.81. The summed E-state index contributed by atoms with van der Waals surface area (Å²) in [5.41, 5.74) is 2.37. The first kappa shape index (κ1) is 16.5. The Bertz CT molecular complexity index is 677. The molecule has 2 fully saturated rings. The van der Waals surface area contributed by atoms with Gasteiger partial charge in [-0.3, -0.25) is 0 Å². The first-order valence-corrected chi connectivity index (χ1v) is 8.07. The molecule has 126 valence electrons. The first-order chi connectivity index (χ1) is 11.6. The van der Waals surface area contributed by atoms with Crippen molar-refractivity contribution in [3.63, 3.8) is 0 Å². The van der Waals surface area contributed by atoms with E-state index in [1.165, 1.54) is 12.1 Å². The number of carbonyl (C=O) groups is 1. The number of allylic oxidation sites excluding steroid dienone is 1. The smallest absolute Gasteiger partial charge is 0.320 e. The summed E-state index contributed by atoms with van der Waals surface area (Å²) in [5, 5.41) is 9.46. The molecule has 0 N–H and O–H groups in total. The van der Waals surface area contributed by atoms with E-state index in [2.05, 4.69) is 6.07 Å². The maximum absolute atomic E-state index is 13.0. The number of carbonyl (C=O) groups excluding carboxylic acids is 1. The van der Waals surface area contributed by atoms with E-state index < -0.39 is 0 Å². The zero-order valence-electron chi connectivity index (χ0n) is 13.7. The third-order valence-corrected chi connectivity index (χ3v) is 4.69. The number of nitrogens with zero attached hydrogens (tertiary/aromatic N) is 3. The Balaban J connectivity index is 1.64. The number of hydrogen-bond donors (Lipinski definition) is 0. The normalized spacial score (nSPS) is 18.1. The molecule has 0 atom stereocenters. The van der Waals surface area contributed by atoms with E-state index in [0.29, 0.717) is 44.6 Å². The zero-order chi connectivity index (χ0) is 17.1. The highest BCUT2D eigenvalue weighted by Crippen LogP contribution is 2.27. The number of nitriles is 1. The summed E-state index contributed by atoms with van der Waals surface area (Å²) in [5.74, 6) is -0.314. The van der Waals surface area contributed by atoms with Gasteiger partial charge in [-0.15, -0.1) is 0 Å². The number of benzene rings is 1. The Hall–Kier alpha value is -2.39. The quantitative estimate of drug-likeness (QED) is 0.784. The van der Waals surface area contributed by atoms with Crippen LogP contribution in [0.15, 0.2) is 29.8 Å². The second-order valence-corrected chi connectivity index (χ2v) is 6.13. The van der Waals surface area contributed by atoms with Gasteiger partial charge in [0.15, 0.2) is 0 Å². The van der Waals surface area contributed by atoms with Crippen LogP contribution in [0.4, 0.5) is 9.18 Å². The highest BCUT2D eigenvalue weighted by atomic mass is 19.1. The van der Waals surface area contributed by atoms with Crippen molar-refractivity contribution in [2.45, 2.75) is 18.9 Å². The van der Waals surface area contributed by atoms with E-state index in [1.54, 1.807) is 24.1 Å². The second kappa shape index (κ2) is 7.02. The highest BCUT2D eigenvalue weighted by molar-refractivity contribution is 5.80. The number of rotatable bonds is 2. The molecule has 0 unspecified atom stereocenters. The lowest BCUT2D eigenvalue weighted by molar-refractivity contribution is -0.0159. The number of ether oxygens (including phenoxy) is 1. The maximum atomic E-state index is 13.0. The molecule has 2 aliphatic heterocycles. The van der Waals surface area contributed by atoms with Gasteiger partial charge in [0.1, 0.15) is 5.82 Å². The number of urea groups is 1. The Morgan fingerprint density at radius 2 is 1.83 bits per heavy atom. The average molecular weight is 329 g/mol. The van der Waals surface area contributed by atoms with E-state index in [0.717, 1.165) is 11.1 Å². The summed E-state index contributed by atoms with van der Waals surface area (Å²) < 4.78 is 18.2. The monoisotopic (exact) mass is 329 g/mol. The molecular formula is C18H20FN3O2. The molecule has 24 heavy (non-hydrogen) atoms. The van der Waals surface area contributed by atoms with Gasteiger partial charge < -0.3 is 14.5 Å². The van der Waals surface area contributed by atoms with Gasteiger partial charge in [0.05, 0.1) is 30.8 Å². The van der Waals surface area contributed by atoms with Crippen LogP contribution in [-0.4, -0.2) is 55.2 Å². The predicted octanol–water partition coefficient (Wildman–Crippen LogP) is 2.65. The molecule has 0 saturated carbocycles. The SMILES string of the molecule is COC1CN(C(=O)N2CCC(=C(C#N)c3ccc(F)cc3)CC2)C1. The summed E-state index contributed by atoms with van der Waals surface area (Å²) in [4.78, 5) is 16.0. The number of halogens is 1. The van der Waals surface area contributed by atoms with Crippen LogP contribution in [0.3, 0.4) is 0 Å². The van der Waals surface area contributed by atoms with Crippen LogP contribution in [0.25, 0.3) is 5.57 Å². The van der Waals surface area contributed by atoms with Gasteiger partial charge in [0, 0.05) is 20.2 Å². The lowest BCUT2D eigenvalue weighted by atomic mass is 9.94. The number of amides is 2. The summed E-state index contributed by atoms with van der Waals surface area (Å²) >= 11 is 0. The molecule has 6 heteroatoms. The minimum atomic E-state index is -0.314. The zero-order valence-corrected chi connectivity index (χ0v) is 13.7. The fraction of sp³-hybridized carbons (Fsp3) is 0.444. The molecule has 2 aliphatic rings. The number of likely N-dealkylation sites (tertiary alicyclic amines) is 2. The molecule has 0 aliphatic carbocycles. The summed E-state index contributed by atoms with van der Waals surface area (Å²) in [6.45, 7) is 2.50. The highest BCUT2D eigenvalue weighted by Gasteiger charge is 2.34. The average Bonchev–Trinajstić information content (AvgIpc) is 2.57. The molecule has 1 aromatic carbocycles. The fourth-order valence-electron chi connectivity index (χ4n) is 3.13. The van der Waals surface area contributed by atoms with E-state index in [1.807, 2.05) is 4.90 Å². The van der Waals surface area contributed by atoms with Crippen LogP contribution in [0, 0.1) is 17.1 Å². The van der Waals surface area contributed by atoms with Gasteiger partial charge in [-0.2, -0.15) is 5.26 Å². The lowest BCUT2D eigenvalue weighted by Crippen LogP contribution is -2.58. The third kappa shape index (κ3) is 3.26. The molecule has 0 radical (unpaired) electrons. The molecule has 2 saturated heterocycles. The maximum Gasteiger partial charge on any atom is 0.320 e. The summed E-state index contributed by atoms with van der Waals surface area (Å²) in [7, 11) is 1.66. The van der Waals surface area contributed by atoms with E-state index in [4.69, 9.17) is 4.74 Å². The molecule has 2 heterocycles. The lowest BCUT2D eigenvalue weighted by Gasteiger charge is -2.42. The van der Waals surface area contributed by atoms with Gasteiger partial charge >= 0.3 is 6.03 Å². The molecule has 3 rings (SSSR count). The van der Waals surface area contributed by atoms with Crippen LogP contribution in [0.5, 0.6) is 0 Å². The largest absolute Gasteiger partial charge is 0.378 e. The van der Waals surface area contributed by atoms with Crippen LogP contribution in [0.1, 0.15) is 18.4 Å². The van der Waals surface area contributed by atoms with E-state index in [-0.39, 0.29) is 18.0 Å². The molecule has 0 aromatic heterocycles. The van der Waals surface area contributed by atoms with Crippen molar-refractivity contribution in [2.24, 2.45) is 0 Å². The molecular weight excluding hydrogens is 309 g/mol. The number of piperidine rings is 1. The van der Waals surface area contributed by atoms with Crippen LogP contribution >= 0.6 is 0 Å². The van der Waals surface area contributed by atoms with Crippen LogP contribution in [0.2, 0.25) is 0 Å². The van der Waals surface area contributed by atoms with Crippen molar-refractivity contribution in [1.29, 1.82) is 5.26 Å². The van der Waals surface area contributed by atoms with Crippen molar-refractivity contribution in [3.05, 3.63) is 41.2 Å². The Morgan fingerprint density at radius 1 is 1.21 bits per heavy atom.